The van der Waals surface area contributed by atoms with Crippen LogP contribution in [-0.4, -0.2) is 6.61 Å². The van der Waals surface area contributed by atoms with Crippen molar-refractivity contribution in [2.45, 2.75) is 13.0 Å². The van der Waals surface area contributed by atoms with Crippen molar-refractivity contribution in [1.82, 2.24) is 0 Å². The summed E-state index contributed by atoms with van der Waals surface area (Å²) in [5.74, 6) is 0.707. The van der Waals surface area contributed by atoms with Gasteiger partial charge in [0.05, 0.1) is 9.83 Å². The Hall–Kier alpha value is -1.51. The highest BCUT2D eigenvalue weighted by Gasteiger charge is 2.07. The molecule has 0 spiro atoms. The largest absolute Gasteiger partial charge is 0.479 e. The van der Waals surface area contributed by atoms with Gasteiger partial charge in [-0.1, -0.05) is 0 Å². The Bertz CT molecular complexity index is 574. The second-order valence-corrected chi connectivity index (χ2v) is 6.47. The van der Waals surface area contributed by atoms with Crippen molar-refractivity contribution >= 4 is 33.0 Å². The number of rotatable bonds is 5. The second kappa shape index (κ2) is 6.60. The number of nitrogens with one attached hydrogen (secondary N) is 1. The average molecular weight is 337 g/mol. The van der Waals surface area contributed by atoms with Gasteiger partial charge in [0, 0.05) is 10.6 Å². The van der Waals surface area contributed by atoms with E-state index in [0.717, 1.165) is 9.47 Å². The fraction of sp³-hybridized carbons (Fsp3) is 0.214. The fourth-order valence-corrected chi connectivity index (χ4v) is 3.07. The number of ether oxygens (including phenoxy) is 1. The van der Waals surface area contributed by atoms with Crippen molar-refractivity contribution in [3.63, 3.8) is 0 Å². The van der Waals surface area contributed by atoms with Crippen LogP contribution in [0.3, 0.4) is 0 Å². The van der Waals surface area contributed by atoms with Crippen LogP contribution >= 0.6 is 27.3 Å². The third-order valence-corrected chi connectivity index (χ3v) is 4.37. The number of anilines is 1. The van der Waals surface area contributed by atoms with E-state index in [2.05, 4.69) is 40.3 Å². The highest BCUT2D eigenvalue weighted by Crippen LogP contribution is 2.29. The summed E-state index contributed by atoms with van der Waals surface area (Å²) < 4.78 is 6.35. The molecular weight excluding hydrogens is 324 g/mol. The van der Waals surface area contributed by atoms with Crippen LogP contribution in [-0.2, 0) is 0 Å². The third-order valence-electron chi connectivity index (χ3n) is 2.56. The second-order valence-electron chi connectivity index (χ2n) is 3.98. The lowest BCUT2D eigenvalue weighted by molar-refractivity contribution is 0.368. The Morgan fingerprint density at radius 1 is 1.32 bits per heavy atom. The lowest BCUT2D eigenvalue weighted by atomic mass is 10.2. The smallest absolute Gasteiger partial charge is 0.174 e. The van der Waals surface area contributed by atoms with E-state index in [1.54, 1.807) is 11.3 Å². The molecule has 0 amide bonds. The molecule has 1 atom stereocenters. The minimum absolute atomic E-state index is 0.0758. The van der Waals surface area contributed by atoms with E-state index in [0.29, 0.717) is 5.75 Å². The fourth-order valence-electron chi connectivity index (χ4n) is 1.65. The molecule has 0 saturated heterocycles. The number of halogens is 1. The Kier molecular flexibility index (Phi) is 4.83. The maximum absolute atomic E-state index is 8.44. The maximum Gasteiger partial charge on any atom is 0.174 e. The third kappa shape index (κ3) is 3.98. The molecule has 0 aliphatic rings. The summed E-state index contributed by atoms with van der Waals surface area (Å²) in [5, 5.41) is 11.9. The van der Waals surface area contributed by atoms with Crippen molar-refractivity contribution < 1.29 is 4.74 Å². The molecule has 0 saturated carbocycles. The van der Waals surface area contributed by atoms with Crippen LogP contribution in [0.1, 0.15) is 17.8 Å². The van der Waals surface area contributed by atoms with Gasteiger partial charge >= 0.3 is 0 Å². The molecular formula is C14H13BrN2OS. The molecule has 3 nitrogen and oxygen atoms in total. The highest BCUT2D eigenvalue weighted by atomic mass is 79.9. The molecule has 0 aliphatic heterocycles. The molecule has 1 heterocycles. The van der Waals surface area contributed by atoms with Gasteiger partial charge in [-0.3, -0.25) is 0 Å². The quantitative estimate of drug-likeness (QED) is 0.868. The van der Waals surface area contributed by atoms with Crippen molar-refractivity contribution in [2.24, 2.45) is 0 Å². The van der Waals surface area contributed by atoms with Gasteiger partial charge in [-0.05, 0) is 59.3 Å². The molecule has 98 valence electrons. The molecule has 0 radical (unpaired) electrons. The van der Waals surface area contributed by atoms with Crippen LogP contribution in [0.25, 0.3) is 0 Å². The topological polar surface area (TPSA) is 45.0 Å². The summed E-state index contributed by atoms with van der Waals surface area (Å²) in [6.07, 6.45) is 0. The number of benzene rings is 1. The molecule has 19 heavy (non-hydrogen) atoms. The van der Waals surface area contributed by atoms with Crippen molar-refractivity contribution in [3.05, 3.63) is 45.1 Å². The maximum atomic E-state index is 8.44. The monoisotopic (exact) mass is 336 g/mol. The van der Waals surface area contributed by atoms with E-state index in [1.807, 2.05) is 30.3 Å². The van der Waals surface area contributed by atoms with Crippen LogP contribution in [0.2, 0.25) is 0 Å². The molecule has 1 N–H and O–H groups in total. The van der Waals surface area contributed by atoms with Gasteiger partial charge in [-0.2, -0.15) is 5.26 Å². The van der Waals surface area contributed by atoms with Gasteiger partial charge in [0.2, 0.25) is 0 Å². The zero-order chi connectivity index (χ0) is 13.7. The van der Waals surface area contributed by atoms with E-state index >= 15 is 0 Å². The van der Waals surface area contributed by atoms with Gasteiger partial charge in [-0.15, -0.1) is 11.3 Å². The normalized spacial score (nSPS) is 11.6. The molecule has 0 aliphatic carbocycles. The van der Waals surface area contributed by atoms with Crippen LogP contribution < -0.4 is 10.1 Å². The van der Waals surface area contributed by atoms with E-state index in [9.17, 15) is 0 Å². The van der Waals surface area contributed by atoms with E-state index in [4.69, 9.17) is 10.00 Å². The van der Waals surface area contributed by atoms with Gasteiger partial charge < -0.3 is 10.1 Å². The summed E-state index contributed by atoms with van der Waals surface area (Å²) in [7, 11) is 0. The lowest BCUT2D eigenvalue weighted by Gasteiger charge is -2.14. The van der Waals surface area contributed by atoms with Crippen molar-refractivity contribution in [3.8, 4) is 11.8 Å². The summed E-state index contributed by atoms with van der Waals surface area (Å²) in [6, 6.07) is 14.0. The molecule has 5 heteroatoms. The Morgan fingerprint density at radius 2 is 2.05 bits per heavy atom. The van der Waals surface area contributed by atoms with E-state index in [-0.39, 0.29) is 12.6 Å². The van der Waals surface area contributed by atoms with Crippen molar-refractivity contribution in [2.75, 3.05) is 11.9 Å². The molecule has 2 aromatic rings. The summed E-state index contributed by atoms with van der Waals surface area (Å²) in [6.45, 7) is 2.20. The first-order chi connectivity index (χ1) is 9.19. The van der Waals surface area contributed by atoms with Crippen LogP contribution in [0.4, 0.5) is 5.69 Å². The Morgan fingerprint density at radius 3 is 2.63 bits per heavy atom. The zero-order valence-corrected chi connectivity index (χ0v) is 12.8. The van der Waals surface area contributed by atoms with E-state index < -0.39 is 0 Å². The van der Waals surface area contributed by atoms with Gasteiger partial charge in [0.25, 0.3) is 0 Å². The molecule has 1 aromatic carbocycles. The zero-order valence-electron chi connectivity index (χ0n) is 10.4. The number of nitriles is 1. The predicted molar refractivity (Wildman–Crippen MR) is 81.6 cm³/mol. The van der Waals surface area contributed by atoms with Gasteiger partial charge in [0.15, 0.2) is 6.61 Å². The Balaban J connectivity index is 1.97. The minimum atomic E-state index is 0.0758. The molecule has 2 rings (SSSR count). The SMILES string of the molecule is CC(Nc1ccc(OCC#N)cc1)c1ccc(Br)s1. The number of hydrogen-bond acceptors (Lipinski definition) is 4. The first kappa shape index (κ1) is 13.9. The predicted octanol–water partition coefficient (Wildman–Crippen LogP) is 4.59. The minimum Gasteiger partial charge on any atom is -0.479 e. The molecule has 0 fully saturated rings. The summed E-state index contributed by atoms with van der Waals surface area (Å²) in [5.41, 5.74) is 1.03. The summed E-state index contributed by atoms with van der Waals surface area (Å²) >= 11 is 5.19. The van der Waals surface area contributed by atoms with Gasteiger partial charge in [0.1, 0.15) is 11.8 Å². The highest BCUT2D eigenvalue weighted by molar-refractivity contribution is 9.11. The Labute approximate surface area is 125 Å². The number of nitrogens with zero attached hydrogens (tertiary/aromatic N) is 1. The first-order valence-corrected chi connectivity index (χ1v) is 7.41. The average Bonchev–Trinajstić information content (AvgIpc) is 2.85. The van der Waals surface area contributed by atoms with Crippen LogP contribution in [0, 0.1) is 11.3 Å². The van der Waals surface area contributed by atoms with E-state index in [1.165, 1.54) is 4.88 Å². The molecule has 0 bridgehead atoms. The van der Waals surface area contributed by atoms with Gasteiger partial charge in [-0.25, -0.2) is 0 Å². The molecule has 1 unspecified atom stereocenters. The van der Waals surface area contributed by atoms with Crippen LogP contribution in [0.15, 0.2) is 40.2 Å². The summed E-state index contributed by atoms with van der Waals surface area (Å²) in [4.78, 5) is 1.27. The van der Waals surface area contributed by atoms with Crippen molar-refractivity contribution in [1.29, 1.82) is 5.26 Å². The first-order valence-electron chi connectivity index (χ1n) is 5.80. The lowest BCUT2D eigenvalue weighted by Crippen LogP contribution is -2.04. The number of thiophene rings is 1. The van der Waals surface area contributed by atoms with Crippen LogP contribution in [0.5, 0.6) is 5.75 Å². The number of hydrogen-bond donors (Lipinski definition) is 1. The standard InChI is InChI=1S/C14H13BrN2OS/c1-10(13-6-7-14(15)19-13)17-11-2-4-12(5-3-11)18-9-8-16/h2-7,10,17H,9H2,1H3. The molecule has 1 aromatic heterocycles.